The molecule has 0 unspecified atom stereocenters. The first kappa shape index (κ1) is 17.1. The molecule has 0 aliphatic carbocycles. The number of ether oxygens (including phenoxy) is 1. The van der Waals surface area contributed by atoms with Gasteiger partial charge in [0, 0.05) is 0 Å². The van der Waals surface area contributed by atoms with Gasteiger partial charge in [0.15, 0.2) is 0 Å². The van der Waals surface area contributed by atoms with Crippen LogP contribution in [0.5, 0.6) is 6.01 Å². The Hall–Kier alpha value is -2.22. The van der Waals surface area contributed by atoms with Crippen LogP contribution in [0.2, 0.25) is 0 Å². The van der Waals surface area contributed by atoms with E-state index in [0.29, 0.717) is 29.2 Å². The lowest BCUT2D eigenvalue weighted by Crippen LogP contribution is -2.18. The van der Waals surface area contributed by atoms with Crippen LogP contribution < -0.4 is 9.46 Å². The molecular weight excluding hydrogens is 321 g/mol. The molecule has 0 radical (unpaired) electrons. The molecule has 6 nitrogen and oxygen atoms in total. The molecule has 0 aliphatic rings. The zero-order chi connectivity index (χ0) is 17.0. The third kappa shape index (κ3) is 4.62. The Balaban J connectivity index is 2.23. The minimum absolute atomic E-state index is 0.204. The van der Waals surface area contributed by atoms with Gasteiger partial charge in [-0.3, -0.25) is 4.72 Å². The van der Waals surface area contributed by atoms with Crippen molar-refractivity contribution in [2.24, 2.45) is 0 Å². The van der Waals surface area contributed by atoms with Crippen molar-refractivity contribution in [3.05, 3.63) is 47.0 Å². The second-order valence-electron chi connectivity index (χ2n) is 4.98. The van der Waals surface area contributed by atoms with Gasteiger partial charge in [0.25, 0.3) is 0 Å². The third-order valence-corrected chi connectivity index (χ3v) is 4.26. The molecule has 2 aromatic rings. The van der Waals surface area contributed by atoms with Crippen molar-refractivity contribution in [3.63, 3.8) is 0 Å². The van der Waals surface area contributed by atoms with Gasteiger partial charge in [-0.15, -0.1) is 0 Å². The van der Waals surface area contributed by atoms with Crippen molar-refractivity contribution in [1.29, 1.82) is 0 Å². The van der Waals surface area contributed by atoms with E-state index < -0.39 is 15.8 Å². The van der Waals surface area contributed by atoms with Gasteiger partial charge in [-0.25, -0.2) is 12.8 Å². The lowest BCUT2D eigenvalue weighted by atomic mass is 10.2. The average molecular weight is 339 g/mol. The van der Waals surface area contributed by atoms with Crippen molar-refractivity contribution in [2.75, 3.05) is 11.3 Å². The normalized spacial score (nSPS) is 11.3. The summed E-state index contributed by atoms with van der Waals surface area (Å²) in [5.74, 6) is -0.814. The summed E-state index contributed by atoms with van der Waals surface area (Å²) < 4.78 is 45.4. The van der Waals surface area contributed by atoms with E-state index in [0.717, 1.165) is 0 Å². The highest BCUT2D eigenvalue weighted by Crippen LogP contribution is 2.22. The highest BCUT2D eigenvalue weighted by molar-refractivity contribution is 7.91. The second kappa shape index (κ2) is 6.91. The molecule has 23 heavy (non-hydrogen) atoms. The molecule has 0 saturated heterocycles. The first-order valence-electron chi connectivity index (χ1n) is 7.03. The summed E-state index contributed by atoms with van der Waals surface area (Å²) in [7, 11) is -3.71. The SMILES string of the molecule is CCOc1nc(C)c(NS(=O)(=O)Cc2cccc(F)c2)c(C)n1. The highest BCUT2D eigenvalue weighted by Gasteiger charge is 2.17. The van der Waals surface area contributed by atoms with Crippen LogP contribution in [0.25, 0.3) is 0 Å². The fourth-order valence-corrected chi connectivity index (χ4v) is 3.36. The molecule has 124 valence electrons. The largest absolute Gasteiger partial charge is 0.464 e. The Morgan fingerprint density at radius 1 is 1.22 bits per heavy atom. The van der Waals surface area contributed by atoms with Crippen LogP contribution in [0.15, 0.2) is 24.3 Å². The molecule has 0 aliphatic heterocycles. The number of hydrogen-bond donors (Lipinski definition) is 1. The predicted octanol–water partition coefficient (Wildman–Crippen LogP) is 2.57. The summed E-state index contributed by atoms with van der Waals surface area (Å²) >= 11 is 0. The standard InChI is InChI=1S/C15H18FN3O3S/c1-4-22-15-17-10(2)14(11(3)18-15)19-23(20,21)9-12-6-5-7-13(16)8-12/h5-8,19H,4,9H2,1-3H3. The first-order valence-corrected chi connectivity index (χ1v) is 8.69. The van der Waals surface area contributed by atoms with Crippen LogP contribution >= 0.6 is 0 Å². The molecule has 1 N–H and O–H groups in total. The van der Waals surface area contributed by atoms with E-state index in [1.165, 1.54) is 18.2 Å². The zero-order valence-corrected chi connectivity index (χ0v) is 13.9. The number of nitrogens with one attached hydrogen (secondary N) is 1. The van der Waals surface area contributed by atoms with Gasteiger partial charge in [-0.2, -0.15) is 9.97 Å². The van der Waals surface area contributed by atoms with Crippen LogP contribution in [0.1, 0.15) is 23.9 Å². The molecule has 1 aromatic carbocycles. The summed E-state index contributed by atoms with van der Waals surface area (Å²) in [5.41, 5.74) is 1.59. The van der Waals surface area contributed by atoms with Gasteiger partial charge < -0.3 is 4.74 Å². The molecule has 0 fully saturated rings. The molecule has 1 aromatic heterocycles. The first-order chi connectivity index (χ1) is 10.8. The highest BCUT2D eigenvalue weighted by atomic mass is 32.2. The van der Waals surface area contributed by atoms with Gasteiger partial charge in [-0.05, 0) is 38.5 Å². The maximum Gasteiger partial charge on any atom is 0.316 e. The fraction of sp³-hybridized carbons (Fsp3) is 0.333. The number of aryl methyl sites for hydroxylation is 2. The maximum atomic E-state index is 13.2. The summed E-state index contributed by atoms with van der Waals surface area (Å²) in [6.45, 7) is 5.56. The number of hydrogen-bond acceptors (Lipinski definition) is 5. The van der Waals surface area contributed by atoms with Crippen molar-refractivity contribution in [2.45, 2.75) is 26.5 Å². The Kier molecular flexibility index (Phi) is 5.15. The van der Waals surface area contributed by atoms with Crippen molar-refractivity contribution >= 4 is 15.7 Å². The Bertz CT molecular complexity index is 786. The van der Waals surface area contributed by atoms with Gasteiger partial charge >= 0.3 is 6.01 Å². The lowest BCUT2D eigenvalue weighted by Gasteiger charge is -2.13. The summed E-state index contributed by atoms with van der Waals surface area (Å²) in [6.07, 6.45) is 0. The van der Waals surface area contributed by atoms with Crippen LogP contribution in [-0.2, 0) is 15.8 Å². The van der Waals surface area contributed by atoms with E-state index in [2.05, 4.69) is 14.7 Å². The number of aromatic nitrogens is 2. The zero-order valence-electron chi connectivity index (χ0n) is 13.1. The number of nitrogens with zero attached hydrogens (tertiary/aromatic N) is 2. The van der Waals surface area contributed by atoms with Gasteiger partial charge in [0.2, 0.25) is 10.0 Å². The minimum atomic E-state index is -3.71. The molecule has 0 amide bonds. The van der Waals surface area contributed by atoms with Crippen molar-refractivity contribution < 1.29 is 17.5 Å². The summed E-state index contributed by atoms with van der Waals surface area (Å²) in [5, 5.41) is 0. The molecule has 1 heterocycles. The molecule has 0 bridgehead atoms. The molecule has 2 rings (SSSR count). The van der Waals surface area contributed by atoms with E-state index in [-0.39, 0.29) is 11.8 Å². The fourth-order valence-electron chi connectivity index (χ4n) is 2.06. The Morgan fingerprint density at radius 3 is 2.43 bits per heavy atom. The number of rotatable bonds is 6. The Morgan fingerprint density at radius 2 is 1.87 bits per heavy atom. The van der Waals surface area contributed by atoms with Crippen LogP contribution in [0, 0.1) is 19.7 Å². The molecule has 0 spiro atoms. The van der Waals surface area contributed by atoms with E-state index in [1.807, 2.05) is 6.92 Å². The summed E-state index contributed by atoms with van der Waals surface area (Å²) in [4.78, 5) is 8.22. The quantitative estimate of drug-likeness (QED) is 0.875. The van der Waals surface area contributed by atoms with Gasteiger partial charge in [0.1, 0.15) is 5.82 Å². The second-order valence-corrected chi connectivity index (χ2v) is 6.70. The Labute approximate surface area is 134 Å². The minimum Gasteiger partial charge on any atom is -0.464 e. The summed E-state index contributed by atoms with van der Waals surface area (Å²) in [6, 6.07) is 5.68. The molecule has 8 heteroatoms. The molecule has 0 saturated carbocycles. The number of sulfonamides is 1. The number of anilines is 1. The third-order valence-electron chi connectivity index (χ3n) is 3.03. The van der Waals surface area contributed by atoms with Gasteiger partial charge in [-0.1, -0.05) is 12.1 Å². The van der Waals surface area contributed by atoms with E-state index in [1.54, 1.807) is 19.9 Å². The van der Waals surface area contributed by atoms with Crippen LogP contribution in [0.4, 0.5) is 10.1 Å². The maximum absolute atomic E-state index is 13.2. The van der Waals surface area contributed by atoms with Crippen molar-refractivity contribution in [1.82, 2.24) is 9.97 Å². The van der Waals surface area contributed by atoms with Crippen molar-refractivity contribution in [3.8, 4) is 6.01 Å². The van der Waals surface area contributed by atoms with Gasteiger partial charge in [0.05, 0.1) is 29.4 Å². The number of halogens is 1. The lowest BCUT2D eigenvalue weighted by molar-refractivity contribution is 0.311. The van der Waals surface area contributed by atoms with E-state index in [4.69, 9.17) is 4.74 Å². The molecule has 0 atom stereocenters. The monoisotopic (exact) mass is 339 g/mol. The smallest absolute Gasteiger partial charge is 0.316 e. The predicted molar refractivity (Wildman–Crippen MR) is 85.3 cm³/mol. The van der Waals surface area contributed by atoms with E-state index in [9.17, 15) is 12.8 Å². The van der Waals surface area contributed by atoms with Crippen LogP contribution in [-0.4, -0.2) is 25.0 Å². The topological polar surface area (TPSA) is 81.2 Å². The van der Waals surface area contributed by atoms with Crippen LogP contribution in [0.3, 0.4) is 0 Å². The average Bonchev–Trinajstić information content (AvgIpc) is 2.43. The molecular formula is C15H18FN3O3S. The van der Waals surface area contributed by atoms with E-state index >= 15 is 0 Å². The number of benzene rings is 1.